The van der Waals surface area contributed by atoms with Gasteiger partial charge in [0.15, 0.2) is 5.13 Å². The van der Waals surface area contributed by atoms with Crippen molar-refractivity contribution in [3.63, 3.8) is 0 Å². The number of para-hydroxylation sites is 2. The van der Waals surface area contributed by atoms with Crippen LogP contribution in [0.1, 0.15) is 29.5 Å². The van der Waals surface area contributed by atoms with E-state index in [9.17, 15) is 5.11 Å². The van der Waals surface area contributed by atoms with Gasteiger partial charge >= 0.3 is 0 Å². The lowest BCUT2D eigenvalue weighted by Crippen LogP contribution is -2.11. The molecule has 0 amide bonds. The molecule has 0 saturated heterocycles. The number of fused-ring (bicyclic) bond motifs is 1. The third-order valence-electron chi connectivity index (χ3n) is 3.65. The fourth-order valence-electron chi connectivity index (χ4n) is 2.54. The van der Waals surface area contributed by atoms with Gasteiger partial charge < -0.3 is 14.7 Å². The molecule has 1 aromatic carbocycles. The minimum atomic E-state index is -0.408. The van der Waals surface area contributed by atoms with E-state index in [0.717, 1.165) is 41.5 Å². The van der Waals surface area contributed by atoms with Gasteiger partial charge in [-0.05, 0) is 31.4 Å². The molecule has 1 atom stereocenters. The predicted molar refractivity (Wildman–Crippen MR) is 81.1 cm³/mol. The van der Waals surface area contributed by atoms with Crippen LogP contribution in [0.5, 0.6) is 5.75 Å². The summed E-state index contributed by atoms with van der Waals surface area (Å²) in [4.78, 5) is 7.85. The number of ether oxygens (including phenoxy) is 1. The van der Waals surface area contributed by atoms with Gasteiger partial charge in [-0.3, -0.25) is 0 Å². The second-order valence-electron chi connectivity index (χ2n) is 4.94. The van der Waals surface area contributed by atoms with E-state index in [1.807, 2.05) is 36.2 Å². The van der Waals surface area contributed by atoms with Crippen LogP contribution in [0.2, 0.25) is 0 Å². The van der Waals surface area contributed by atoms with Gasteiger partial charge in [-0.25, -0.2) is 4.98 Å². The third kappa shape index (κ3) is 2.27. The van der Waals surface area contributed by atoms with Crippen LogP contribution in [0.4, 0.5) is 10.8 Å². The Hall–Kier alpha value is -1.59. The SMILES string of the molecule is COc1ccccc1N(C)c1nc2c(s1)CCCC2O. The van der Waals surface area contributed by atoms with Crippen molar-refractivity contribution >= 4 is 22.2 Å². The first-order valence-electron chi connectivity index (χ1n) is 6.75. The number of aliphatic hydroxyl groups is 1. The number of aryl methyl sites for hydroxylation is 1. The van der Waals surface area contributed by atoms with Crippen LogP contribution in [0.15, 0.2) is 24.3 Å². The minimum absolute atomic E-state index is 0.408. The Morgan fingerprint density at radius 3 is 2.95 bits per heavy atom. The van der Waals surface area contributed by atoms with Crippen molar-refractivity contribution < 1.29 is 9.84 Å². The molecule has 0 bridgehead atoms. The molecule has 0 aliphatic heterocycles. The number of aromatic nitrogens is 1. The van der Waals surface area contributed by atoms with Gasteiger partial charge in [0.2, 0.25) is 0 Å². The molecule has 2 aromatic rings. The molecule has 5 heteroatoms. The lowest BCUT2D eigenvalue weighted by Gasteiger charge is -2.18. The van der Waals surface area contributed by atoms with Crippen LogP contribution < -0.4 is 9.64 Å². The van der Waals surface area contributed by atoms with Crippen molar-refractivity contribution in [1.82, 2.24) is 4.98 Å². The van der Waals surface area contributed by atoms with Gasteiger partial charge in [0.25, 0.3) is 0 Å². The Balaban J connectivity index is 1.96. The summed E-state index contributed by atoms with van der Waals surface area (Å²) in [7, 11) is 3.65. The van der Waals surface area contributed by atoms with Gasteiger partial charge in [0.1, 0.15) is 5.75 Å². The maximum Gasteiger partial charge on any atom is 0.190 e. The number of anilines is 2. The highest BCUT2D eigenvalue weighted by atomic mass is 32.1. The molecule has 0 spiro atoms. The molecular weight excluding hydrogens is 272 g/mol. The average Bonchev–Trinajstić information content (AvgIpc) is 2.92. The molecule has 3 rings (SSSR count). The zero-order chi connectivity index (χ0) is 14.1. The molecule has 0 saturated carbocycles. The van der Waals surface area contributed by atoms with Crippen molar-refractivity contribution in [3.05, 3.63) is 34.8 Å². The number of rotatable bonds is 3. The van der Waals surface area contributed by atoms with E-state index in [4.69, 9.17) is 4.74 Å². The quantitative estimate of drug-likeness (QED) is 0.942. The molecule has 1 aliphatic carbocycles. The second kappa shape index (κ2) is 5.42. The van der Waals surface area contributed by atoms with Gasteiger partial charge in [-0.2, -0.15) is 0 Å². The number of nitrogens with zero attached hydrogens (tertiary/aromatic N) is 2. The fourth-order valence-corrected chi connectivity index (χ4v) is 3.67. The highest BCUT2D eigenvalue weighted by Crippen LogP contribution is 2.40. The standard InChI is InChI=1S/C15H18N2O2S/c1-17(10-6-3-4-8-12(10)19-2)15-16-14-11(18)7-5-9-13(14)20-15/h3-4,6,8,11,18H,5,7,9H2,1-2H3. The minimum Gasteiger partial charge on any atom is -0.495 e. The van der Waals surface area contributed by atoms with Crippen molar-refractivity contribution in [2.24, 2.45) is 0 Å². The number of thiazole rings is 1. The van der Waals surface area contributed by atoms with E-state index in [2.05, 4.69) is 4.98 Å². The molecule has 1 N–H and O–H groups in total. The molecule has 1 unspecified atom stereocenters. The number of hydrogen-bond acceptors (Lipinski definition) is 5. The van der Waals surface area contributed by atoms with Crippen molar-refractivity contribution in [2.75, 3.05) is 19.1 Å². The molecule has 1 aliphatic rings. The summed E-state index contributed by atoms with van der Waals surface area (Å²) in [5, 5.41) is 10.9. The molecule has 0 radical (unpaired) electrons. The van der Waals surface area contributed by atoms with Gasteiger partial charge in [0.05, 0.1) is 24.6 Å². The Morgan fingerprint density at radius 2 is 2.20 bits per heavy atom. The highest BCUT2D eigenvalue weighted by molar-refractivity contribution is 7.15. The fraction of sp³-hybridized carbons (Fsp3) is 0.400. The van der Waals surface area contributed by atoms with E-state index in [1.165, 1.54) is 4.88 Å². The normalized spacial score (nSPS) is 17.6. The van der Waals surface area contributed by atoms with E-state index in [-0.39, 0.29) is 0 Å². The summed E-state index contributed by atoms with van der Waals surface area (Å²) in [5.41, 5.74) is 1.84. The number of hydrogen-bond donors (Lipinski definition) is 1. The van der Waals surface area contributed by atoms with Crippen LogP contribution in [-0.4, -0.2) is 24.2 Å². The van der Waals surface area contributed by atoms with Crippen LogP contribution in [0.25, 0.3) is 0 Å². The maximum absolute atomic E-state index is 10.0. The first-order valence-corrected chi connectivity index (χ1v) is 7.56. The summed E-state index contributed by atoms with van der Waals surface area (Å²) >= 11 is 1.66. The lowest BCUT2D eigenvalue weighted by atomic mass is 10.0. The van der Waals surface area contributed by atoms with Gasteiger partial charge in [0, 0.05) is 11.9 Å². The van der Waals surface area contributed by atoms with E-state index < -0.39 is 6.10 Å². The predicted octanol–water partition coefficient (Wildman–Crippen LogP) is 3.29. The van der Waals surface area contributed by atoms with Gasteiger partial charge in [-0.1, -0.05) is 12.1 Å². The molecule has 20 heavy (non-hydrogen) atoms. The molecule has 106 valence electrons. The van der Waals surface area contributed by atoms with Crippen LogP contribution in [0.3, 0.4) is 0 Å². The van der Waals surface area contributed by atoms with Crippen LogP contribution in [0, 0.1) is 0 Å². The monoisotopic (exact) mass is 290 g/mol. The van der Waals surface area contributed by atoms with Crippen LogP contribution in [-0.2, 0) is 6.42 Å². The molecule has 1 heterocycles. The van der Waals surface area contributed by atoms with Crippen molar-refractivity contribution in [1.29, 1.82) is 0 Å². The summed E-state index contributed by atoms with van der Waals surface area (Å²) in [5.74, 6) is 0.823. The lowest BCUT2D eigenvalue weighted by molar-refractivity contribution is 0.153. The molecular formula is C15H18N2O2S. The zero-order valence-corrected chi connectivity index (χ0v) is 12.5. The molecule has 0 fully saturated rings. The second-order valence-corrected chi connectivity index (χ2v) is 6.01. The highest BCUT2D eigenvalue weighted by Gasteiger charge is 2.24. The summed E-state index contributed by atoms with van der Waals surface area (Å²) in [6, 6.07) is 7.88. The Labute approximate surface area is 122 Å². The molecule has 4 nitrogen and oxygen atoms in total. The first-order chi connectivity index (χ1) is 9.70. The van der Waals surface area contributed by atoms with Crippen molar-refractivity contribution in [3.8, 4) is 5.75 Å². The third-order valence-corrected chi connectivity index (χ3v) is 4.85. The largest absolute Gasteiger partial charge is 0.495 e. The van der Waals surface area contributed by atoms with Crippen LogP contribution >= 0.6 is 11.3 Å². The Bertz CT molecular complexity index is 612. The number of benzene rings is 1. The zero-order valence-electron chi connectivity index (χ0n) is 11.7. The average molecular weight is 290 g/mol. The topological polar surface area (TPSA) is 45.6 Å². The van der Waals surface area contributed by atoms with E-state index in [0.29, 0.717) is 0 Å². The van der Waals surface area contributed by atoms with E-state index in [1.54, 1.807) is 18.4 Å². The summed E-state index contributed by atoms with van der Waals surface area (Å²) < 4.78 is 5.40. The Morgan fingerprint density at radius 1 is 1.40 bits per heavy atom. The maximum atomic E-state index is 10.0. The van der Waals surface area contributed by atoms with E-state index >= 15 is 0 Å². The number of methoxy groups -OCH3 is 1. The first kappa shape index (κ1) is 13.4. The van der Waals surface area contributed by atoms with Crippen molar-refractivity contribution in [2.45, 2.75) is 25.4 Å². The Kier molecular flexibility index (Phi) is 3.63. The summed E-state index contributed by atoms with van der Waals surface area (Å²) in [6.45, 7) is 0. The number of aliphatic hydroxyl groups excluding tert-OH is 1. The molecule has 1 aromatic heterocycles. The van der Waals surface area contributed by atoms with Gasteiger partial charge in [-0.15, -0.1) is 11.3 Å². The summed E-state index contributed by atoms with van der Waals surface area (Å²) in [6.07, 6.45) is 2.46. The smallest absolute Gasteiger partial charge is 0.190 e.